The summed E-state index contributed by atoms with van der Waals surface area (Å²) in [6.45, 7) is 0. The Labute approximate surface area is 195 Å². The summed E-state index contributed by atoms with van der Waals surface area (Å²) in [7, 11) is 0. The second-order valence-electron chi connectivity index (χ2n) is 8.49. The van der Waals surface area contributed by atoms with Crippen LogP contribution in [0.5, 0.6) is 5.75 Å². The van der Waals surface area contributed by atoms with Gasteiger partial charge in [-0.2, -0.15) is 8.78 Å². The Morgan fingerprint density at radius 1 is 0.714 bits per heavy atom. The molecule has 35 heavy (non-hydrogen) atoms. The third kappa shape index (κ3) is 5.12. The van der Waals surface area contributed by atoms with Crippen molar-refractivity contribution < 1.29 is 39.9 Å². The highest BCUT2D eigenvalue weighted by molar-refractivity contribution is 5.65. The summed E-state index contributed by atoms with van der Waals surface area (Å²) >= 11 is 0. The molecule has 0 unspecified atom stereocenters. The number of halogens is 8. The maximum atomic E-state index is 14.8. The Morgan fingerprint density at radius 2 is 1.29 bits per heavy atom. The second-order valence-corrected chi connectivity index (χ2v) is 8.49. The van der Waals surface area contributed by atoms with Gasteiger partial charge in [0.2, 0.25) is 0 Å². The minimum absolute atomic E-state index is 0.0890. The van der Waals surface area contributed by atoms with Crippen molar-refractivity contribution >= 4 is 0 Å². The van der Waals surface area contributed by atoms with Gasteiger partial charge in [-0.15, -0.1) is 0 Å². The van der Waals surface area contributed by atoms with Crippen molar-refractivity contribution in [2.75, 3.05) is 0 Å². The van der Waals surface area contributed by atoms with Gasteiger partial charge in [0.15, 0.2) is 17.5 Å². The summed E-state index contributed by atoms with van der Waals surface area (Å²) in [5.74, 6) is -11.0. The molecule has 0 aromatic heterocycles. The molecule has 1 aliphatic carbocycles. The molecule has 2 N–H and O–H groups in total. The first-order valence-corrected chi connectivity index (χ1v) is 10.7. The molecule has 10 heteroatoms. The van der Waals surface area contributed by atoms with Crippen molar-refractivity contribution in [3.05, 3.63) is 88.5 Å². The molecule has 3 aromatic rings. The molecule has 0 spiro atoms. The van der Waals surface area contributed by atoms with Crippen LogP contribution in [0, 0.1) is 34.9 Å². The number of rotatable bonds is 5. The van der Waals surface area contributed by atoms with Crippen LogP contribution in [0.2, 0.25) is 0 Å². The molecule has 0 bridgehead atoms. The van der Waals surface area contributed by atoms with Crippen LogP contribution in [-0.4, -0.2) is 6.04 Å². The molecule has 0 heterocycles. The predicted molar refractivity (Wildman–Crippen MR) is 112 cm³/mol. The monoisotopic (exact) mass is 501 g/mol. The zero-order valence-electron chi connectivity index (χ0n) is 18.0. The maximum absolute atomic E-state index is 14.8. The highest BCUT2D eigenvalue weighted by atomic mass is 19.3. The molecule has 0 aliphatic heterocycles. The van der Waals surface area contributed by atoms with Crippen LogP contribution in [0.4, 0.5) is 35.1 Å². The number of nitrogens with two attached hydrogens (primary N) is 1. The first-order valence-electron chi connectivity index (χ1n) is 10.7. The maximum Gasteiger partial charge on any atom is 0.432 e. The number of ether oxygens (including phenoxy) is 1. The number of alkyl halides is 2. The first-order chi connectivity index (χ1) is 16.5. The lowest BCUT2D eigenvalue weighted by Gasteiger charge is -2.26. The molecule has 0 amide bonds. The summed E-state index contributed by atoms with van der Waals surface area (Å²) in [5, 5.41) is 0. The Kier molecular flexibility index (Phi) is 6.77. The molecule has 0 saturated heterocycles. The largest absolute Gasteiger partial charge is 0.432 e. The summed E-state index contributed by atoms with van der Waals surface area (Å²) in [4.78, 5) is 0. The van der Waals surface area contributed by atoms with E-state index in [2.05, 4.69) is 4.74 Å². The standard InChI is InChI=1S/C25H19F8NO/c26-18-7-13(12-1-4-15(34)5-2-12)3-6-17(18)14-8-19(27)23(20(28)9-14)25(32,33)35-16-10-21(29)24(31)22(30)11-16/h3,6-12,15H,1-2,4-5,34H2. The smallest absolute Gasteiger partial charge is 0.429 e. The van der Waals surface area contributed by atoms with Gasteiger partial charge in [0.05, 0.1) is 0 Å². The van der Waals surface area contributed by atoms with Gasteiger partial charge in [-0.05, 0) is 60.9 Å². The van der Waals surface area contributed by atoms with Crippen LogP contribution in [0.1, 0.15) is 42.7 Å². The van der Waals surface area contributed by atoms with E-state index in [9.17, 15) is 35.1 Å². The molecular formula is C25H19F8NO. The minimum atomic E-state index is -4.73. The molecule has 0 radical (unpaired) electrons. The molecular weight excluding hydrogens is 482 g/mol. The number of benzene rings is 3. The molecule has 1 fully saturated rings. The third-order valence-electron chi connectivity index (χ3n) is 6.08. The fourth-order valence-electron chi connectivity index (χ4n) is 4.27. The van der Waals surface area contributed by atoms with Gasteiger partial charge in [0.25, 0.3) is 0 Å². The lowest BCUT2D eigenvalue weighted by molar-refractivity contribution is -0.189. The Balaban J connectivity index is 1.62. The van der Waals surface area contributed by atoms with Gasteiger partial charge >= 0.3 is 6.11 Å². The molecule has 2 nitrogen and oxygen atoms in total. The zero-order valence-corrected chi connectivity index (χ0v) is 18.0. The first kappa shape index (κ1) is 25.0. The molecule has 4 rings (SSSR count). The molecule has 1 aliphatic rings. The van der Waals surface area contributed by atoms with Crippen molar-refractivity contribution in [2.24, 2.45) is 5.73 Å². The average Bonchev–Trinajstić information content (AvgIpc) is 2.76. The van der Waals surface area contributed by atoms with E-state index in [0.29, 0.717) is 17.7 Å². The highest BCUT2D eigenvalue weighted by Gasteiger charge is 2.41. The van der Waals surface area contributed by atoms with Crippen LogP contribution in [0.25, 0.3) is 11.1 Å². The SMILES string of the molecule is NC1CCC(c2ccc(-c3cc(F)c(C(F)(F)Oc4cc(F)c(F)c(F)c4)c(F)c3)c(F)c2)CC1. The van der Waals surface area contributed by atoms with Crippen LogP contribution < -0.4 is 10.5 Å². The van der Waals surface area contributed by atoms with Crippen LogP contribution in [0.3, 0.4) is 0 Å². The summed E-state index contributed by atoms with van der Waals surface area (Å²) < 4.78 is 117. The van der Waals surface area contributed by atoms with E-state index in [0.717, 1.165) is 25.7 Å². The number of hydrogen-bond acceptors (Lipinski definition) is 2. The Bertz CT molecular complexity index is 1210. The van der Waals surface area contributed by atoms with E-state index in [4.69, 9.17) is 5.73 Å². The van der Waals surface area contributed by atoms with E-state index in [1.165, 1.54) is 12.1 Å². The van der Waals surface area contributed by atoms with Gasteiger partial charge in [0, 0.05) is 23.7 Å². The molecule has 186 valence electrons. The zero-order chi connectivity index (χ0) is 25.5. The second kappa shape index (κ2) is 9.49. The molecule has 0 atom stereocenters. The summed E-state index contributed by atoms with van der Waals surface area (Å²) in [5.41, 5.74) is 4.18. The van der Waals surface area contributed by atoms with E-state index >= 15 is 0 Å². The van der Waals surface area contributed by atoms with Crippen molar-refractivity contribution in [1.82, 2.24) is 0 Å². The van der Waals surface area contributed by atoms with Gasteiger partial charge < -0.3 is 10.5 Å². The normalized spacial score (nSPS) is 18.5. The summed E-state index contributed by atoms with van der Waals surface area (Å²) in [6, 6.07) is 5.48. The predicted octanol–water partition coefficient (Wildman–Crippen LogP) is 7.30. The van der Waals surface area contributed by atoms with Crippen LogP contribution >= 0.6 is 0 Å². The van der Waals surface area contributed by atoms with E-state index < -0.39 is 52.3 Å². The molecule has 3 aromatic carbocycles. The minimum Gasteiger partial charge on any atom is -0.429 e. The van der Waals surface area contributed by atoms with E-state index in [1.807, 2.05) is 0 Å². The van der Waals surface area contributed by atoms with Crippen LogP contribution in [0.15, 0.2) is 42.5 Å². The highest BCUT2D eigenvalue weighted by Crippen LogP contribution is 2.39. The lowest BCUT2D eigenvalue weighted by atomic mass is 9.81. The van der Waals surface area contributed by atoms with E-state index in [1.54, 1.807) is 6.07 Å². The number of hydrogen-bond donors (Lipinski definition) is 1. The van der Waals surface area contributed by atoms with Gasteiger partial charge in [-0.25, -0.2) is 26.3 Å². The van der Waals surface area contributed by atoms with Gasteiger partial charge in [-0.1, -0.05) is 12.1 Å². The van der Waals surface area contributed by atoms with Gasteiger partial charge in [0.1, 0.15) is 28.8 Å². The quantitative estimate of drug-likeness (QED) is 0.294. The Hall–Kier alpha value is -3.14. The molecule has 1 saturated carbocycles. The topological polar surface area (TPSA) is 35.2 Å². The van der Waals surface area contributed by atoms with Crippen molar-refractivity contribution in [1.29, 1.82) is 0 Å². The summed E-state index contributed by atoms with van der Waals surface area (Å²) in [6.07, 6.45) is -1.60. The Morgan fingerprint density at radius 3 is 1.83 bits per heavy atom. The van der Waals surface area contributed by atoms with Crippen molar-refractivity contribution in [3.8, 4) is 16.9 Å². The van der Waals surface area contributed by atoms with Crippen LogP contribution in [-0.2, 0) is 6.11 Å². The van der Waals surface area contributed by atoms with Gasteiger partial charge in [-0.3, -0.25) is 0 Å². The average molecular weight is 501 g/mol. The fourth-order valence-corrected chi connectivity index (χ4v) is 4.27. The lowest BCUT2D eigenvalue weighted by Crippen LogP contribution is -2.25. The van der Waals surface area contributed by atoms with E-state index in [-0.39, 0.29) is 35.2 Å². The fraction of sp³-hybridized carbons (Fsp3) is 0.280. The third-order valence-corrected chi connectivity index (χ3v) is 6.08. The van der Waals surface area contributed by atoms with Crippen molar-refractivity contribution in [2.45, 2.75) is 43.8 Å². The van der Waals surface area contributed by atoms with Crippen molar-refractivity contribution in [3.63, 3.8) is 0 Å².